The molecule has 6 heteroatoms. The van der Waals surface area contributed by atoms with Gasteiger partial charge in [-0.05, 0) is 31.5 Å². The number of rotatable bonds is 2. The zero-order valence-corrected chi connectivity index (χ0v) is 11.0. The minimum absolute atomic E-state index is 0.0236. The van der Waals surface area contributed by atoms with Crippen molar-refractivity contribution in [3.8, 4) is 5.75 Å². The minimum Gasteiger partial charge on any atom is -0.477 e. The monoisotopic (exact) mass is 275 g/mol. The van der Waals surface area contributed by atoms with Gasteiger partial charge in [0.2, 0.25) is 5.91 Å². The number of benzene rings is 1. The first kappa shape index (κ1) is 12.9. The number of primary amides is 1. The first-order valence-electron chi connectivity index (χ1n) is 6.76. The van der Waals surface area contributed by atoms with Gasteiger partial charge in [-0.3, -0.25) is 9.59 Å². The molecule has 0 radical (unpaired) electrons. The van der Waals surface area contributed by atoms with E-state index in [-0.39, 0.29) is 18.5 Å². The van der Waals surface area contributed by atoms with E-state index in [0.29, 0.717) is 11.4 Å². The van der Waals surface area contributed by atoms with Gasteiger partial charge in [0, 0.05) is 0 Å². The third-order valence-electron chi connectivity index (χ3n) is 3.72. The molecule has 1 fully saturated rings. The van der Waals surface area contributed by atoms with E-state index in [2.05, 4.69) is 5.32 Å². The average Bonchev–Trinajstić information content (AvgIpc) is 2.99. The molecule has 106 valence electrons. The summed E-state index contributed by atoms with van der Waals surface area (Å²) in [6, 6.07) is 7.02. The van der Waals surface area contributed by atoms with Crippen LogP contribution in [0.1, 0.15) is 12.8 Å². The molecule has 2 aliphatic rings. The molecule has 1 aromatic rings. The lowest BCUT2D eigenvalue weighted by Crippen LogP contribution is -2.53. The molecule has 6 nitrogen and oxygen atoms in total. The molecule has 0 bridgehead atoms. The molecule has 3 N–H and O–H groups in total. The van der Waals surface area contributed by atoms with Crippen LogP contribution in [0.3, 0.4) is 0 Å². The quantitative estimate of drug-likeness (QED) is 0.796. The first-order chi connectivity index (χ1) is 9.66. The number of fused-ring (bicyclic) bond motifs is 1. The van der Waals surface area contributed by atoms with Crippen molar-refractivity contribution in [1.29, 1.82) is 0 Å². The maximum absolute atomic E-state index is 12.6. The van der Waals surface area contributed by atoms with E-state index >= 15 is 0 Å². The Morgan fingerprint density at radius 3 is 2.85 bits per heavy atom. The number of carbonyl (C=O) groups excluding carboxylic acids is 2. The molecule has 1 saturated heterocycles. The maximum atomic E-state index is 12.6. The molecular weight excluding hydrogens is 258 g/mol. The molecule has 1 aromatic carbocycles. The fourth-order valence-corrected chi connectivity index (χ4v) is 2.67. The first-order valence-corrected chi connectivity index (χ1v) is 6.76. The fraction of sp³-hybridized carbons (Fsp3) is 0.429. The number of ether oxygens (including phenoxy) is 1. The SMILES string of the molecule is NC(=O)C1CN(C(=O)C2CCCN2)c2ccccc2O1. The lowest BCUT2D eigenvalue weighted by Gasteiger charge is -2.34. The van der Waals surface area contributed by atoms with Crippen molar-refractivity contribution in [2.75, 3.05) is 18.0 Å². The van der Waals surface area contributed by atoms with Gasteiger partial charge in [-0.15, -0.1) is 0 Å². The van der Waals surface area contributed by atoms with Crippen molar-refractivity contribution >= 4 is 17.5 Å². The van der Waals surface area contributed by atoms with Gasteiger partial charge in [0.15, 0.2) is 6.10 Å². The summed E-state index contributed by atoms with van der Waals surface area (Å²) in [5, 5.41) is 3.18. The Kier molecular flexibility index (Phi) is 3.31. The number of carbonyl (C=O) groups is 2. The van der Waals surface area contributed by atoms with Crippen LogP contribution in [0.4, 0.5) is 5.69 Å². The molecule has 2 atom stereocenters. The molecule has 3 rings (SSSR count). The number of anilines is 1. The normalized spacial score (nSPS) is 24.9. The highest BCUT2D eigenvalue weighted by atomic mass is 16.5. The number of nitrogens with zero attached hydrogens (tertiary/aromatic N) is 1. The van der Waals surface area contributed by atoms with Crippen molar-refractivity contribution in [3.63, 3.8) is 0 Å². The summed E-state index contributed by atoms with van der Waals surface area (Å²) in [5.74, 6) is -0.0601. The standard InChI is InChI=1S/C14H17N3O3/c15-13(18)12-8-17(14(19)9-4-3-7-16-9)10-5-1-2-6-11(10)20-12/h1-2,5-6,9,12,16H,3-4,7-8H2,(H2,15,18). The van der Waals surface area contributed by atoms with Gasteiger partial charge in [0.25, 0.3) is 5.91 Å². The fourth-order valence-electron chi connectivity index (χ4n) is 2.67. The largest absolute Gasteiger partial charge is 0.477 e. The van der Waals surface area contributed by atoms with Gasteiger partial charge in [-0.25, -0.2) is 0 Å². The van der Waals surface area contributed by atoms with E-state index in [1.807, 2.05) is 12.1 Å². The number of amides is 2. The number of para-hydroxylation sites is 2. The van der Waals surface area contributed by atoms with Crippen LogP contribution in [-0.4, -0.2) is 37.0 Å². The second kappa shape index (κ2) is 5.13. The van der Waals surface area contributed by atoms with Crippen molar-refractivity contribution in [2.45, 2.75) is 25.0 Å². The van der Waals surface area contributed by atoms with Gasteiger partial charge in [-0.1, -0.05) is 12.1 Å². The van der Waals surface area contributed by atoms with E-state index in [1.165, 1.54) is 0 Å². The number of nitrogens with one attached hydrogen (secondary N) is 1. The minimum atomic E-state index is -0.796. The smallest absolute Gasteiger partial charge is 0.260 e. The average molecular weight is 275 g/mol. The van der Waals surface area contributed by atoms with Crippen LogP contribution in [0.5, 0.6) is 5.75 Å². The van der Waals surface area contributed by atoms with Gasteiger partial charge in [0.1, 0.15) is 5.75 Å². The van der Waals surface area contributed by atoms with Crippen LogP contribution in [0.25, 0.3) is 0 Å². The molecule has 2 unspecified atom stereocenters. The van der Waals surface area contributed by atoms with E-state index in [0.717, 1.165) is 19.4 Å². The van der Waals surface area contributed by atoms with Crippen molar-refractivity contribution in [2.24, 2.45) is 5.73 Å². The van der Waals surface area contributed by atoms with Crippen LogP contribution in [0, 0.1) is 0 Å². The van der Waals surface area contributed by atoms with Crippen LogP contribution in [0.15, 0.2) is 24.3 Å². The molecule has 2 aliphatic heterocycles. The summed E-state index contributed by atoms with van der Waals surface area (Å²) in [5.41, 5.74) is 6.02. The number of hydrogen-bond donors (Lipinski definition) is 2. The summed E-state index contributed by atoms with van der Waals surface area (Å²) in [6.45, 7) is 1.02. The van der Waals surface area contributed by atoms with Crippen molar-refractivity contribution in [3.05, 3.63) is 24.3 Å². The summed E-state index contributed by atoms with van der Waals surface area (Å²) < 4.78 is 5.55. The summed E-state index contributed by atoms with van der Waals surface area (Å²) in [6.07, 6.45) is 1.01. The second-order valence-corrected chi connectivity index (χ2v) is 5.07. The Morgan fingerprint density at radius 1 is 1.35 bits per heavy atom. The van der Waals surface area contributed by atoms with Gasteiger partial charge in [-0.2, -0.15) is 0 Å². The van der Waals surface area contributed by atoms with E-state index in [4.69, 9.17) is 10.5 Å². The lowest BCUT2D eigenvalue weighted by molar-refractivity contribution is -0.125. The zero-order valence-electron chi connectivity index (χ0n) is 11.0. The highest BCUT2D eigenvalue weighted by Crippen LogP contribution is 2.33. The Morgan fingerprint density at radius 2 is 2.15 bits per heavy atom. The van der Waals surface area contributed by atoms with Crippen LogP contribution < -0.4 is 20.7 Å². The topological polar surface area (TPSA) is 84.7 Å². The second-order valence-electron chi connectivity index (χ2n) is 5.07. The zero-order chi connectivity index (χ0) is 14.1. The molecular formula is C14H17N3O3. The van der Waals surface area contributed by atoms with Gasteiger partial charge >= 0.3 is 0 Å². The Balaban J connectivity index is 1.91. The molecule has 20 heavy (non-hydrogen) atoms. The highest BCUT2D eigenvalue weighted by molar-refractivity contribution is 6.00. The molecule has 0 saturated carbocycles. The predicted molar refractivity (Wildman–Crippen MR) is 73.4 cm³/mol. The molecule has 0 aromatic heterocycles. The van der Waals surface area contributed by atoms with Crippen LogP contribution in [-0.2, 0) is 9.59 Å². The van der Waals surface area contributed by atoms with Crippen LogP contribution in [0.2, 0.25) is 0 Å². The lowest BCUT2D eigenvalue weighted by atomic mass is 10.1. The Hall–Kier alpha value is -2.08. The maximum Gasteiger partial charge on any atom is 0.260 e. The number of hydrogen-bond acceptors (Lipinski definition) is 4. The Bertz CT molecular complexity index is 540. The van der Waals surface area contributed by atoms with Crippen molar-refractivity contribution in [1.82, 2.24) is 5.32 Å². The third kappa shape index (κ3) is 2.22. The predicted octanol–water partition coefficient (Wildman–Crippen LogP) is 0.0179. The molecule has 0 aliphatic carbocycles. The summed E-state index contributed by atoms with van der Waals surface area (Å²) in [7, 11) is 0. The summed E-state index contributed by atoms with van der Waals surface area (Å²) in [4.78, 5) is 25.6. The Labute approximate surface area is 116 Å². The number of nitrogens with two attached hydrogens (primary N) is 1. The van der Waals surface area contributed by atoms with E-state index < -0.39 is 12.0 Å². The molecule has 0 spiro atoms. The van der Waals surface area contributed by atoms with Crippen molar-refractivity contribution < 1.29 is 14.3 Å². The molecule has 2 heterocycles. The van der Waals surface area contributed by atoms with Crippen LogP contribution >= 0.6 is 0 Å². The van der Waals surface area contributed by atoms with Gasteiger partial charge < -0.3 is 20.7 Å². The van der Waals surface area contributed by atoms with Gasteiger partial charge in [0.05, 0.1) is 18.3 Å². The third-order valence-corrected chi connectivity index (χ3v) is 3.72. The summed E-state index contributed by atoms with van der Waals surface area (Å²) >= 11 is 0. The van der Waals surface area contributed by atoms with E-state index in [9.17, 15) is 9.59 Å². The van der Waals surface area contributed by atoms with E-state index in [1.54, 1.807) is 17.0 Å². The molecule has 2 amide bonds. The highest BCUT2D eigenvalue weighted by Gasteiger charge is 2.36.